The van der Waals surface area contributed by atoms with Crippen LogP contribution in [-0.2, 0) is 6.54 Å². The predicted molar refractivity (Wildman–Crippen MR) is 90.1 cm³/mol. The summed E-state index contributed by atoms with van der Waals surface area (Å²) in [4.78, 5) is 16.3. The Morgan fingerprint density at radius 2 is 1.95 bits per heavy atom. The predicted octanol–water partition coefficient (Wildman–Crippen LogP) is 3.27. The molecule has 0 atom stereocenters. The fourth-order valence-corrected chi connectivity index (χ4v) is 2.46. The van der Waals surface area contributed by atoms with E-state index in [9.17, 15) is 4.79 Å². The monoisotopic (exact) mass is 405 g/mol. The van der Waals surface area contributed by atoms with Gasteiger partial charge in [0, 0.05) is 14.7 Å². The van der Waals surface area contributed by atoms with E-state index in [1.54, 1.807) is 6.07 Å². The van der Waals surface area contributed by atoms with Crippen LogP contribution >= 0.6 is 22.6 Å². The van der Waals surface area contributed by atoms with E-state index < -0.39 is 0 Å². The Labute approximate surface area is 140 Å². The summed E-state index contributed by atoms with van der Waals surface area (Å²) < 4.78 is 6.16. The lowest BCUT2D eigenvalue weighted by Gasteiger charge is -2.02. The zero-order chi connectivity index (χ0) is 15.4. The molecule has 0 aliphatic rings. The first-order valence-corrected chi connectivity index (χ1v) is 7.72. The number of hydrogen-bond acceptors (Lipinski definition) is 4. The largest absolute Gasteiger partial charge is 0.343 e. The summed E-state index contributed by atoms with van der Waals surface area (Å²) in [6.45, 7) is 0.199. The van der Waals surface area contributed by atoms with E-state index in [-0.39, 0.29) is 12.5 Å². The highest BCUT2D eigenvalue weighted by Crippen LogP contribution is 2.14. The third kappa shape index (κ3) is 3.51. The van der Waals surface area contributed by atoms with Gasteiger partial charge < -0.3 is 9.84 Å². The van der Waals surface area contributed by atoms with Crippen molar-refractivity contribution in [2.24, 2.45) is 0 Å². The minimum Gasteiger partial charge on any atom is -0.343 e. The van der Waals surface area contributed by atoms with Crippen LogP contribution in [0.15, 0.2) is 59.1 Å². The van der Waals surface area contributed by atoms with Crippen LogP contribution < -0.4 is 5.32 Å². The van der Waals surface area contributed by atoms with Gasteiger partial charge in [0.2, 0.25) is 11.7 Å². The number of carbonyl (C=O) groups excluding carboxylic acids is 1. The molecular formula is C16H12IN3O2. The zero-order valence-corrected chi connectivity index (χ0v) is 13.6. The highest BCUT2D eigenvalue weighted by atomic mass is 127. The van der Waals surface area contributed by atoms with Crippen LogP contribution in [0.5, 0.6) is 0 Å². The number of benzene rings is 2. The van der Waals surface area contributed by atoms with Gasteiger partial charge in [-0.05, 0) is 40.8 Å². The molecule has 1 heterocycles. The Morgan fingerprint density at radius 1 is 1.14 bits per heavy atom. The second-order valence-corrected chi connectivity index (χ2v) is 5.82. The van der Waals surface area contributed by atoms with Crippen molar-refractivity contribution in [1.29, 1.82) is 0 Å². The van der Waals surface area contributed by atoms with Crippen LogP contribution in [0.4, 0.5) is 0 Å². The smallest absolute Gasteiger partial charge is 0.251 e. The van der Waals surface area contributed by atoms with Crippen molar-refractivity contribution in [3.63, 3.8) is 0 Å². The Balaban J connectivity index is 1.65. The van der Waals surface area contributed by atoms with Crippen molar-refractivity contribution >= 4 is 28.5 Å². The molecule has 6 heteroatoms. The maximum atomic E-state index is 12.0. The Morgan fingerprint density at radius 3 is 2.73 bits per heavy atom. The van der Waals surface area contributed by atoms with Crippen molar-refractivity contribution in [1.82, 2.24) is 15.5 Å². The Bertz CT molecular complexity index is 787. The lowest BCUT2D eigenvalue weighted by molar-refractivity contribution is 0.0946. The molecule has 2 aromatic carbocycles. The van der Waals surface area contributed by atoms with E-state index in [2.05, 4.69) is 38.0 Å². The van der Waals surface area contributed by atoms with E-state index in [1.807, 2.05) is 48.5 Å². The van der Waals surface area contributed by atoms with Gasteiger partial charge in [-0.1, -0.05) is 41.6 Å². The first kappa shape index (κ1) is 14.7. The molecule has 1 amide bonds. The normalized spacial score (nSPS) is 10.4. The third-order valence-corrected chi connectivity index (χ3v) is 3.66. The fourth-order valence-electron chi connectivity index (χ4n) is 1.92. The van der Waals surface area contributed by atoms with Crippen LogP contribution in [0.3, 0.4) is 0 Å². The summed E-state index contributed by atoms with van der Waals surface area (Å²) in [5.74, 6) is 0.718. The number of carbonyl (C=O) groups is 1. The van der Waals surface area contributed by atoms with Crippen LogP contribution in [0.1, 0.15) is 16.2 Å². The molecule has 0 spiro atoms. The maximum Gasteiger partial charge on any atom is 0.251 e. The molecule has 0 radical (unpaired) electrons. The number of aromatic nitrogens is 2. The fraction of sp³-hybridized carbons (Fsp3) is 0.0625. The van der Waals surface area contributed by atoms with Gasteiger partial charge in [0.05, 0.1) is 6.54 Å². The first-order chi connectivity index (χ1) is 10.7. The lowest BCUT2D eigenvalue weighted by Crippen LogP contribution is -2.22. The van der Waals surface area contributed by atoms with Gasteiger partial charge >= 0.3 is 0 Å². The number of amides is 1. The van der Waals surface area contributed by atoms with Gasteiger partial charge in [-0.2, -0.15) is 4.98 Å². The Hall–Kier alpha value is -2.22. The molecule has 3 rings (SSSR count). The minimum atomic E-state index is -0.169. The number of nitrogens with one attached hydrogen (secondary N) is 1. The van der Waals surface area contributed by atoms with E-state index >= 15 is 0 Å². The number of rotatable bonds is 4. The van der Waals surface area contributed by atoms with Crippen LogP contribution in [0.2, 0.25) is 0 Å². The molecular weight excluding hydrogens is 393 g/mol. The molecule has 0 saturated heterocycles. The van der Waals surface area contributed by atoms with Gasteiger partial charge in [-0.15, -0.1) is 0 Å². The molecule has 5 nitrogen and oxygen atoms in total. The summed E-state index contributed by atoms with van der Waals surface area (Å²) in [5, 5.41) is 6.68. The molecule has 1 aromatic heterocycles. The molecule has 0 aliphatic carbocycles. The average molecular weight is 405 g/mol. The van der Waals surface area contributed by atoms with Crippen molar-refractivity contribution in [2.45, 2.75) is 6.54 Å². The van der Waals surface area contributed by atoms with Crippen molar-refractivity contribution < 1.29 is 9.32 Å². The highest BCUT2D eigenvalue weighted by Gasteiger charge is 2.10. The van der Waals surface area contributed by atoms with Crippen molar-refractivity contribution in [3.8, 4) is 11.4 Å². The van der Waals surface area contributed by atoms with Crippen molar-refractivity contribution in [3.05, 3.63) is 69.6 Å². The van der Waals surface area contributed by atoms with Gasteiger partial charge in [0.1, 0.15) is 0 Å². The first-order valence-electron chi connectivity index (χ1n) is 6.64. The number of nitrogens with zero attached hydrogens (tertiary/aromatic N) is 2. The molecule has 0 unspecified atom stereocenters. The lowest BCUT2D eigenvalue weighted by atomic mass is 10.2. The maximum absolute atomic E-state index is 12.0. The quantitative estimate of drug-likeness (QED) is 0.677. The van der Waals surface area contributed by atoms with Gasteiger partial charge in [-0.25, -0.2) is 0 Å². The van der Waals surface area contributed by atoms with Gasteiger partial charge in [-0.3, -0.25) is 4.79 Å². The molecule has 0 bridgehead atoms. The molecule has 0 aliphatic heterocycles. The van der Waals surface area contributed by atoms with E-state index in [0.29, 0.717) is 17.3 Å². The SMILES string of the molecule is O=C(NCc1nc(-c2ccccc2)no1)c1cccc(I)c1. The van der Waals surface area contributed by atoms with Crippen LogP contribution in [-0.4, -0.2) is 16.0 Å². The topological polar surface area (TPSA) is 68.0 Å². The summed E-state index contributed by atoms with van der Waals surface area (Å²) in [7, 11) is 0. The molecule has 1 N–H and O–H groups in total. The Kier molecular flexibility index (Phi) is 4.47. The second kappa shape index (κ2) is 6.69. The number of hydrogen-bond donors (Lipinski definition) is 1. The summed E-state index contributed by atoms with van der Waals surface area (Å²) >= 11 is 2.17. The molecule has 110 valence electrons. The number of halogens is 1. The van der Waals surface area contributed by atoms with Gasteiger partial charge in [0.25, 0.3) is 5.91 Å². The minimum absolute atomic E-state index is 0.169. The summed E-state index contributed by atoms with van der Waals surface area (Å²) in [6, 6.07) is 16.9. The standard InChI is InChI=1S/C16H12IN3O2/c17-13-8-4-7-12(9-13)16(21)18-10-14-19-15(20-22-14)11-5-2-1-3-6-11/h1-9H,10H2,(H,18,21). The van der Waals surface area contributed by atoms with E-state index in [4.69, 9.17) is 4.52 Å². The van der Waals surface area contributed by atoms with E-state index in [0.717, 1.165) is 9.13 Å². The molecule has 0 saturated carbocycles. The second-order valence-electron chi connectivity index (χ2n) is 4.57. The summed E-state index contributed by atoms with van der Waals surface area (Å²) in [6.07, 6.45) is 0. The summed E-state index contributed by atoms with van der Waals surface area (Å²) in [5.41, 5.74) is 1.48. The molecule has 3 aromatic rings. The van der Waals surface area contributed by atoms with Crippen LogP contribution in [0, 0.1) is 3.57 Å². The van der Waals surface area contributed by atoms with Crippen LogP contribution in [0.25, 0.3) is 11.4 Å². The molecule has 0 fully saturated rings. The zero-order valence-electron chi connectivity index (χ0n) is 11.5. The molecule has 22 heavy (non-hydrogen) atoms. The highest BCUT2D eigenvalue weighted by molar-refractivity contribution is 14.1. The van der Waals surface area contributed by atoms with Crippen molar-refractivity contribution in [2.75, 3.05) is 0 Å². The average Bonchev–Trinajstić information content (AvgIpc) is 3.02. The van der Waals surface area contributed by atoms with Gasteiger partial charge in [0.15, 0.2) is 0 Å². The van der Waals surface area contributed by atoms with E-state index in [1.165, 1.54) is 0 Å². The third-order valence-electron chi connectivity index (χ3n) is 2.99.